The van der Waals surface area contributed by atoms with Gasteiger partial charge in [-0.3, -0.25) is 4.68 Å². The molecule has 0 fully saturated rings. The van der Waals surface area contributed by atoms with E-state index in [2.05, 4.69) is 17.3 Å². The lowest BCUT2D eigenvalue weighted by atomic mass is 10.3. The lowest BCUT2D eigenvalue weighted by Crippen LogP contribution is -2.13. The first-order valence-corrected chi connectivity index (χ1v) is 6.10. The molecule has 0 aliphatic carbocycles. The van der Waals surface area contributed by atoms with Gasteiger partial charge in [-0.2, -0.15) is 5.10 Å². The van der Waals surface area contributed by atoms with Crippen LogP contribution in [0.2, 0.25) is 5.02 Å². The molecule has 2 aromatic rings. The maximum Gasteiger partial charge on any atom is 0.125 e. The first kappa shape index (κ1) is 12.2. The summed E-state index contributed by atoms with van der Waals surface area (Å²) in [5, 5.41) is 8.07. The van der Waals surface area contributed by atoms with Crippen molar-refractivity contribution < 1.29 is 4.42 Å². The molecule has 0 aliphatic rings. The minimum atomic E-state index is 0.612. The van der Waals surface area contributed by atoms with Gasteiger partial charge >= 0.3 is 0 Å². The molecule has 0 aliphatic heterocycles. The summed E-state index contributed by atoms with van der Waals surface area (Å²) in [6.07, 6.45) is 6.31. The van der Waals surface area contributed by atoms with E-state index in [1.807, 2.05) is 6.07 Å². The van der Waals surface area contributed by atoms with E-state index >= 15 is 0 Å². The Morgan fingerprint density at radius 1 is 1.53 bits per heavy atom. The average Bonchev–Trinajstić information content (AvgIpc) is 2.90. The van der Waals surface area contributed by atoms with Crippen molar-refractivity contribution in [2.75, 3.05) is 6.54 Å². The third-order valence-corrected chi connectivity index (χ3v) is 2.58. The molecule has 2 aromatic heterocycles. The zero-order valence-electron chi connectivity index (χ0n) is 9.82. The fraction of sp³-hybridized carbons (Fsp3) is 0.417. The standard InChI is InChI=1S/C12H16ClN3O/c1-2-3-14-5-10-4-12(17-9-10)8-16-7-11(13)6-15-16/h4,6-7,9,14H,2-3,5,8H2,1H3. The van der Waals surface area contributed by atoms with Gasteiger partial charge in [0, 0.05) is 18.3 Å². The third-order valence-electron chi connectivity index (χ3n) is 2.38. The highest BCUT2D eigenvalue weighted by atomic mass is 35.5. The van der Waals surface area contributed by atoms with Gasteiger partial charge in [-0.25, -0.2) is 0 Å². The van der Waals surface area contributed by atoms with Crippen LogP contribution < -0.4 is 5.32 Å². The Bertz CT molecular complexity index is 464. The van der Waals surface area contributed by atoms with Crippen LogP contribution in [0.25, 0.3) is 0 Å². The SMILES string of the molecule is CCCNCc1coc(Cn2cc(Cl)cn2)c1. The molecular weight excluding hydrogens is 238 g/mol. The zero-order valence-corrected chi connectivity index (χ0v) is 10.6. The number of nitrogens with zero attached hydrogens (tertiary/aromatic N) is 2. The summed E-state index contributed by atoms with van der Waals surface area (Å²) in [4.78, 5) is 0. The molecule has 2 heterocycles. The van der Waals surface area contributed by atoms with Crippen molar-refractivity contribution in [3.63, 3.8) is 0 Å². The molecule has 17 heavy (non-hydrogen) atoms. The first-order chi connectivity index (χ1) is 8.28. The molecule has 0 saturated carbocycles. The van der Waals surface area contributed by atoms with Gasteiger partial charge in [-0.15, -0.1) is 0 Å². The van der Waals surface area contributed by atoms with Gasteiger partial charge in [0.25, 0.3) is 0 Å². The lowest BCUT2D eigenvalue weighted by Gasteiger charge is -1.98. The summed E-state index contributed by atoms with van der Waals surface area (Å²) in [6.45, 7) is 4.63. The maximum absolute atomic E-state index is 5.79. The summed E-state index contributed by atoms with van der Waals surface area (Å²) >= 11 is 5.79. The molecule has 5 heteroatoms. The van der Waals surface area contributed by atoms with Gasteiger partial charge < -0.3 is 9.73 Å². The number of nitrogens with one attached hydrogen (secondary N) is 1. The van der Waals surface area contributed by atoms with Gasteiger partial charge in [0.1, 0.15) is 5.76 Å². The lowest BCUT2D eigenvalue weighted by molar-refractivity contribution is 0.478. The second-order valence-corrected chi connectivity index (χ2v) is 4.39. The minimum Gasteiger partial charge on any atom is -0.467 e. The Hall–Kier alpha value is -1.26. The van der Waals surface area contributed by atoms with Crippen molar-refractivity contribution in [1.82, 2.24) is 15.1 Å². The van der Waals surface area contributed by atoms with Crippen molar-refractivity contribution in [2.45, 2.75) is 26.4 Å². The van der Waals surface area contributed by atoms with Gasteiger partial charge in [-0.05, 0) is 19.0 Å². The van der Waals surface area contributed by atoms with Gasteiger partial charge in [-0.1, -0.05) is 18.5 Å². The summed E-state index contributed by atoms with van der Waals surface area (Å²) in [7, 11) is 0. The molecule has 0 saturated heterocycles. The molecule has 0 atom stereocenters. The van der Waals surface area contributed by atoms with E-state index in [1.165, 1.54) is 0 Å². The summed E-state index contributed by atoms with van der Waals surface area (Å²) < 4.78 is 7.22. The van der Waals surface area contributed by atoms with Crippen molar-refractivity contribution >= 4 is 11.6 Å². The number of furan rings is 1. The van der Waals surface area contributed by atoms with Crippen LogP contribution in [0.15, 0.2) is 29.1 Å². The molecule has 0 bridgehead atoms. The number of hydrogen-bond donors (Lipinski definition) is 1. The van der Waals surface area contributed by atoms with Crippen LogP contribution in [0.3, 0.4) is 0 Å². The van der Waals surface area contributed by atoms with Crippen molar-refractivity contribution in [2.24, 2.45) is 0 Å². The van der Waals surface area contributed by atoms with Crippen molar-refractivity contribution in [3.8, 4) is 0 Å². The number of halogens is 1. The highest BCUT2D eigenvalue weighted by Gasteiger charge is 2.03. The molecule has 4 nitrogen and oxygen atoms in total. The molecule has 0 amide bonds. The topological polar surface area (TPSA) is 43.0 Å². The van der Waals surface area contributed by atoms with Crippen LogP contribution in [-0.4, -0.2) is 16.3 Å². The Morgan fingerprint density at radius 3 is 3.12 bits per heavy atom. The second-order valence-electron chi connectivity index (χ2n) is 3.95. The van der Waals surface area contributed by atoms with E-state index in [9.17, 15) is 0 Å². The van der Waals surface area contributed by atoms with Crippen molar-refractivity contribution in [3.05, 3.63) is 41.1 Å². The van der Waals surface area contributed by atoms with Crippen molar-refractivity contribution in [1.29, 1.82) is 0 Å². The van der Waals surface area contributed by atoms with Crippen LogP contribution in [0.4, 0.5) is 0 Å². The van der Waals surface area contributed by atoms with Crippen LogP contribution in [0, 0.1) is 0 Å². The second kappa shape index (κ2) is 5.89. The van der Waals surface area contributed by atoms with E-state index in [1.54, 1.807) is 23.3 Å². The van der Waals surface area contributed by atoms with Crippen LogP contribution in [-0.2, 0) is 13.1 Å². The normalized spacial score (nSPS) is 10.9. The molecule has 1 N–H and O–H groups in total. The Balaban J connectivity index is 1.89. The van der Waals surface area contributed by atoms with Gasteiger partial charge in [0.2, 0.25) is 0 Å². The largest absolute Gasteiger partial charge is 0.467 e. The average molecular weight is 254 g/mol. The number of aromatic nitrogens is 2. The third kappa shape index (κ3) is 3.61. The quantitative estimate of drug-likeness (QED) is 0.805. The molecule has 0 aromatic carbocycles. The fourth-order valence-corrected chi connectivity index (χ4v) is 1.75. The number of hydrogen-bond acceptors (Lipinski definition) is 3. The highest BCUT2D eigenvalue weighted by molar-refractivity contribution is 6.30. The Labute approximate surface area is 106 Å². The zero-order chi connectivity index (χ0) is 12.1. The maximum atomic E-state index is 5.79. The van der Waals surface area contributed by atoms with E-state index in [0.29, 0.717) is 11.6 Å². The smallest absolute Gasteiger partial charge is 0.125 e. The fourth-order valence-electron chi connectivity index (χ4n) is 1.60. The van der Waals surface area contributed by atoms with E-state index < -0.39 is 0 Å². The monoisotopic (exact) mass is 253 g/mol. The van der Waals surface area contributed by atoms with Gasteiger partial charge in [0.15, 0.2) is 0 Å². The summed E-state index contributed by atoms with van der Waals surface area (Å²) in [6, 6.07) is 2.04. The van der Waals surface area contributed by atoms with E-state index in [4.69, 9.17) is 16.0 Å². The number of rotatable bonds is 6. The Kier molecular flexibility index (Phi) is 4.23. The Morgan fingerprint density at radius 2 is 2.41 bits per heavy atom. The minimum absolute atomic E-state index is 0.612. The molecule has 92 valence electrons. The predicted octanol–water partition coefficient (Wildman–Crippen LogP) is 2.68. The molecule has 0 radical (unpaired) electrons. The molecule has 2 rings (SSSR count). The van der Waals surface area contributed by atoms with Crippen LogP contribution in [0.5, 0.6) is 0 Å². The molecule has 0 unspecified atom stereocenters. The van der Waals surface area contributed by atoms with Crippen LogP contribution >= 0.6 is 11.6 Å². The summed E-state index contributed by atoms with van der Waals surface area (Å²) in [5.41, 5.74) is 1.16. The van der Waals surface area contributed by atoms with Crippen LogP contribution in [0.1, 0.15) is 24.7 Å². The van der Waals surface area contributed by atoms with Gasteiger partial charge in [0.05, 0.1) is 24.0 Å². The van der Waals surface area contributed by atoms with E-state index in [0.717, 1.165) is 30.8 Å². The highest BCUT2D eigenvalue weighted by Crippen LogP contribution is 2.11. The first-order valence-electron chi connectivity index (χ1n) is 5.73. The predicted molar refractivity (Wildman–Crippen MR) is 67.0 cm³/mol. The molecular formula is C12H16ClN3O. The summed E-state index contributed by atoms with van der Waals surface area (Å²) in [5.74, 6) is 0.887. The van der Waals surface area contributed by atoms with E-state index in [-0.39, 0.29) is 0 Å². The molecule has 0 spiro atoms.